The predicted octanol–water partition coefficient (Wildman–Crippen LogP) is 5.39. The molecule has 3 fully saturated rings. The number of benzene rings is 2. The first-order valence-electron chi connectivity index (χ1n) is 14.6. The fourth-order valence-electron chi connectivity index (χ4n) is 6.21. The number of ether oxygens (including phenoxy) is 2. The Morgan fingerprint density at radius 2 is 1.55 bits per heavy atom. The van der Waals surface area contributed by atoms with Gasteiger partial charge in [0.2, 0.25) is 0 Å². The number of nitrogens with two attached hydrogens (primary N) is 1. The minimum absolute atomic E-state index is 0.202. The molecule has 0 unspecified atom stereocenters. The number of amides is 2. The molecule has 2 aromatic carbocycles. The molecule has 2 heterocycles. The minimum Gasteiger partial charge on any atom is -0.493 e. The van der Waals surface area contributed by atoms with Gasteiger partial charge in [-0.2, -0.15) is 0 Å². The Balaban J connectivity index is 1.09. The molecule has 2 aliphatic heterocycles. The molecule has 38 heavy (non-hydrogen) atoms. The number of hydrogen-bond acceptors (Lipinski definition) is 5. The number of rotatable bonds is 8. The topological polar surface area (TPSA) is 80.1 Å². The van der Waals surface area contributed by atoms with Crippen molar-refractivity contribution >= 4 is 11.7 Å². The van der Waals surface area contributed by atoms with Gasteiger partial charge in [0.1, 0.15) is 0 Å². The Labute approximate surface area is 227 Å². The molecule has 5 rings (SSSR count). The summed E-state index contributed by atoms with van der Waals surface area (Å²) in [7, 11) is 1.71. The molecule has 2 saturated heterocycles. The molecule has 1 aliphatic carbocycles. The summed E-state index contributed by atoms with van der Waals surface area (Å²) >= 11 is 0. The second kappa shape index (κ2) is 12.7. The van der Waals surface area contributed by atoms with Crippen LogP contribution in [-0.2, 0) is 6.42 Å². The molecule has 0 atom stereocenters. The lowest BCUT2D eigenvalue weighted by molar-refractivity contribution is 0.130. The number of hydrogen-bond donors (Lipinski definition) is 2. The number of carbonyl (C=O) groups is 1. The number of piperidine rings is 2. The number of anilines is 1. The summed E-state index contributed by atoms with van der Waals surface area (Å²) in [6.45, 7) is 3.90. The lowest BCUT2D eigenvalue weighted by atomic mass is 9.89. The average molecular weight is 521 g/mol. The molecule has 1 saturated carbocycles. The Kier molecular flexibility index (Phi) is 8.94. The molecule has 0 radical (unpaired) electrons. The molecule has 0 bridgehead atoms. The fraction of sp³-hybridized carbons (Fsp3) is 0.581. The summed E-state index contributed by atoms with van der Waals surface area (Å²) in [5.74, 6) is 2.13. The Bertz CT molecular complexity index is 1040. The van der Waals surface area contributed by atoms with Crippen molar-refractivity contribution in [1.29, 1.82) is 0 Å². The lowest BCUT2D eigenvalue weighted by Crippen LogP contribution is -2.50. The normalized spacial score (nSPS) is 19.5. The van der Waals surface area contributed by atoms with Crippen LogP contribution in [0.3, 0.4) is 0 Å². The number of methoxy groups -OCH3 is 1. The molecular weight excluding hydrogens is 476 g/mol. The van der Waals surface area contributed by atoms with Crippen molar-refractivity contribution in [2.24, 2.45) is 5.73 Å². The van der Waals surface area contributed by atoms with Crippen LogP contribution >= 0.6 is 0 Å². The number of nitrogens with one attached hydrogen (secondary N) is 1. The summed E-state index contributed by atoms with van der Waals surface area (Å²) in [6, 6.07) is 15.6. The smallest absolute Gasteiger partial charge is 0.320 e. The largest absolute Gasteiger partial charge is 0.493 e. The summed E-state index contributed by atoms with van der Waals surface area (Å²) in [5.41, 5.74) is 9.37. The highest BCUT2D eigenvalue weighted by Gasteiger charge is 2.30. The van der Waals surface area contributed by atoms with Gasteiger partial charge in [0, 0.05) is 37.9 Å². The molecule has 7 heteroatoms. The van der Waals surface area contributed by atoms with Gasteiger partial charge in [-0.1, -0.05) is 18.2 Å². The zero-order valence-electron chi connectivity index (χ0n) is 22.9. The summed E-state index contributed by atoms with van der Waals surface area (Å²) in [4.78, 5) is 17.4. The van der Waals surface area contributed by atoms with Crippen molar-refractivity contribution in [3.05, 3.63) is 53.6 Å². The molecule has 2 aromatic rings. The van der Waals surface area contributed by atoms with E-state index in [1.807, 2.05) is 11.0 Å². The third-order valence-corrected chi connectivity index (χ3v) is 8.54. The van der Waals surface area contributed by atoms with E-state index in [2.05, 4.69) is 46.6 Å². The van der Waals surface area contributed by atoms with Gasteiger partial charge >= 0.3 is 6.03 Å². The van der Waals surface area contributed by atoms with Crippen molar-refractivity contribution in [2.75, 3.05) is 45.2 Å². The minimum atomic E-state index is 0.202. The highest BCUT2D eigenvalue weighted by molar-refractivity contribution is 5.74. The Morgan fingerprint density at radius 1 is 0.895 bits per heavy atom. The van der Waals surface area contributed by atoms with Gasteiger partial charge < -0.3 is 30.3 Å². The van der Waals surface area contributed by atoms with Gasteiger partial charge in [-0.15, -0.1) is 0 Å². The highest BCUT2D eigenvalue weighted by atomic mass is 16.5. The monoisotopic (exact) mass is 520 g/mol. The van der Waals surface area contributed by atoms with E-state index in [1.54, 1.807) is 7.11 Å². The van der Waals surface area contributed by atoms with E-state index in [0.29, 0.717) is 24.6 Å². The third kappa shape index (κ3) is 6.55. The highest BCUT2D eigenvalue weighted by Crippen LogP contribution is 2.37. The Morgan fingerprint density at radius 3 is 2.18 bits per heavy atom. The van der Waals surface area contributed by atoms with Crippen LogP contribution in [0.2, 0.25) is 0 Å². The maximum Gasteiger partial charge on any atom is 0.320 e. The zero-order valence-corrected chi connectivity index (χ0v) is 22.9. The van der Waals surface area contributed by atoms with E-state index in [9.17, 15) is 4.79 Å². The van der Waals surface area contributed by atoms with Crippen molar-refractivity contribution in [3.63, 3.8) is 0 Å². The quantitative estimate of drug-likeness (QED) is 0.488. The maximum atomic E-state index is 13.3. The fourth-order valence-corrected chi connectivity index (χ4v) is 6.21. The second-order valence-corrected chi connectivity index (χ2v) is 11.1. The first-order chi connectivity index (χ1) is 18.6. The van der Waals surface area contributed by atoms with Crippen molar-refractivity contribution < 1.29 is 14.3 Å². The van der Waals surface area contributed by atoms with Crippen molar-refractivity contribution in [2.45, 2.75) is 75.9 Å². The van der Waals surface area contributed by atoms with Crippen molar-refractivity contribution in [1.82, 2.24) is 9.80 Å². The molecule has 0 aromatic heterocycles. The molecule has 206 valence electrons. The van der Waals surface area contributed by atoms with Gasteiger partial charge in [0.15, 0.2) is 11.5 Å². The molecule has 2 amide bonds. The van der Waals surface area contributed by atoms with Crippen LogP contribution in [0.25, 0.3) is 0 Å². The standard InChI is InChI=1S/C31H44N4O3/c1-37-29-11-8-25(22-30(29)38-28-4-2-3-5-28)24-13-18-34(19-14-24)31(36)35-20-15-27(16-21-35)33-26-9-6-23(7-10-26)12-17-32/h6-11,22,24,27-28,33H,2-5,12-21,32H2,1H3. The lowest BCUT2D eigenvalue weighted by Gasteiger charge is -2.39. The van der Waals surface area contributed by atoms with Gasteiger partial charge in [0.05, 0.1) is 13.2 Å². The van der Waals surface area contributed by atoms with Crippen LogP contribution in [0.4, 0.5) is 10.5 Å². The van der Waals surface area contributed by atoms with Crippen LogP contribution < -0.4 is 20.5 Å². The van der Waals surface area contributed by atoms with Crippen LogP contribution in [-0.4, -0.2) is 67.8 Å². The van der Waals surface area contributed by atoms with E-state index in [4.69, 9.17) is 15.2 Å². The van der Waals surface area contributed by atoms with Crippen LogP contribution in [0, 0.1) is 0 Å². The maximum absolute atomic E-state index is 13.3. The van der Waals surface area contributed by atoms with Crippen LogP contribution in [0.15, 0.2) is 42.5 Å². The molecule has 0 spiro atoms. The summed E-state index contributed by atoms with van der Waals surface area (Å²) < 4.78 is 11.9. The van der Waals surface area contributed by atoms with Gasteiger partial charge in [-0.3, -0.25) is 0 Å². The average Bonchev–Trinajstić information content (AvgIpc) is 3.47. The van der Waals surface area contributed by atoms with E-state index >= 15 is 0 Å². The summed E-state index contributed by atoms with van der Waals surface area (Å²) in [6.07, 6.45) is 9.89. The number of urea groups is 1. The van der Waals surface area contributed by atoms with Crippen molar-refractivity contribution in [3.8, 4) is 11.5 Å². The van der Waals surface area contributed by atoms with Crippen LogP contribution in [0.5, 0.6) is 11.5 Å². The SMILES string of the molecule is COc1ccc(C2CCN(C(=O)N3CCC(Nc4ccc(CCN)cc4)CC3)CC2)cc1OC1CCCC1. The molecule has 3 N–H and O–H groups in total. The third-order valence-electron chi connectivity index (χ3n) is 8.54. The Hall–Kier alpha value is -2.93. The zero-order chi connectivity index (χ0) is 26.3. The molecule has 3 aliphatic rings. The predicted molar refractivity (Wildman–Crippen MR) is 152 cm³/mol. The van der Waals surface area contributed by atoms with Gasteiger partial charge in [-0.25, -0.2) is 4.79 Å². The second-order valence-electron chi connectivity index (χ2n) is 11.1. The van der Waals surface area contributed by atoms with E-state index in [1.165, 1.54) is 24.0 Å². The number of nitrogens with zero attached hydrogens (tertiary/aromatic N) is 2. The van der Waals surface area contributed by atoms with Gasteiger partial charge in [-0.05, 0) is 106 Å². The first kappa shape index (κ1) is 26.7. The van der Waals surface area contributed by atoms with E-state index < -0.39 is 0 Å². The summed E-state index contributed by atoms with van der Waals surface area (Å²) in [5, 5.41) is 3.65. The molecule has 7 nitrogen and oxygen atoms in total. The molecular formula is C31H44N4O3. The number of carbonyl (C=O) groups excluding carboxylic acids is 1. The van der Waals surface area contributed by atoms with Gasteiger partial charge in [0.25, 0.3) is 0 Å². The first-order valence-corrected chi connectivity index (χ1v) is 14.6. The van der Waals surface area contributed by atoms with Crippen LogP contribution in [0.1, 0.15) is 68.4 Å². The van der Waals surface area contributed by atoms with E-state index in [0.717, 1.165) is 88.3 Å². The van der Waals surface area contributed by atoms with E-state index in [-0.39, 0.29) is 6.03 Å². The number of likely N-dealkylation sites (tertiary alicyclic amines) is 2.